The Morgan fingerprint density at radius 1 is 1.42 bits per heavy atom. The highest BCUT2D eigenvalue weighted by Gasteiger charge is 2.34. The molecule has 0 radical (unpaired) electrons. The van der Waals surface area contributed by atoms with Crippen LogP contribution in [0.3, 0.4) is 0 Å². The molecular weight excluding hydrogens is 355 g/mol. The summed E-state index contributed by atoms with van der Waals surface area (Å²) in [5.41, 5.74) is -0.0714. The molecule has 1 fully saturated rings. The van der Waals surface area contributed by atoms with E-state index in [4.69, 9.17) is 5.14 Å². The van der Waals surface area contributed by atoms with Crippen molar-refractivity contribution < 1.29 is 18.2 Å². The Balaban J connectivity index is 1.99. The van der Waals surface area contributed by atoms with Gasteiger partial charge in [0, 0.05) is 32.2 Å². The topological polar surface area (TPSA) is 139 Å². The number of rotatable bonds is 6. The third-order valence-electron chi connectivity index (χ3n) is 4.03. The Bertz CT molecular complexity index is 715. The van der Waals surface area contributed by atoms with Crippen molar-refractivity contribution in [2.24, 2.45) is 5.14 Å². The number of anilines is 1. The molecule has 0 aliphatic carbocycles. The van der Waals surface area contributed by atoms with E-state index in [1.165, 1.54) is 12.1 Å². The first-order valence-corrected chi connectivity index (χ1v) is 11.5. The fraction of sp³-hybridized carbons (Fsp3) is 0.538. The Labute approximate surface area is 141 Å². The van der Waals surface area contributed by atoms with Gasteiger partial charge >= 0.3 is 0 Å². The van der Waals surface area contributed by atoms with Crippen LogP contribution in [0.2, 0.25) is 0 Å². The molecule has 134 valence electrons. The van der Waals surface area contributed by atoms with Gasteiger partial charge in [0.05, 0.1) is 28.8 Å². The average molecular weight is 377 g/mol. The lowest BCUT2D eigenvalue weighted by Gasteiger charge is -2.30. The SMILES string of the molecule is C[P+]1(O)CCN(CCNc2ccc(S(N)(=O)=O)cc2[N+](=O)[O-])CC1. The van der Waals surface area contributed by atoms with Crippen molar-refractivity contribution in [3.63, 3.8) is 0 Å². The summed E-state index contributed by atoms with van der Waals surface area (Å²) in [5.74, 6) is 0. The second kappa shape index (κ2) is 7.28. The molecule has 24 heavy (non-hydrogen) atoms. The molecule has 9 nitrogen and oxygen atoms in total. The third-order valence-corrected chi connectivity index (χ3v) is 7.27. The van der Waals surface area contributed by atoms with Crippen molar-refractivity contribution in [1.29, 1.82) is 0 Å². The number of hydrogen-bond donors (Lipinski definition) is 3. The predicted molar refractivity (Wildman–Crippen MR) is 94.2 cm³/mol. The Morgan fingerprint density at radius 3 is 2.58 bits per heavy atom. The van der Waals surface area contributed by atoms with Crippen molar-refractivity contribution in [3.8, 4) is 0 Å². The number of nitrogens with two attached hydrogens (primary N) is 1. The van der Waals surface area contributed by atoms with Crippen LogP contribution >= 0.6 is 7.49 Å². The van der Waals surface area contributed by atoms with E-state index in [2.05, 4.69) is 10.2 Å². The van der Waals surface area contributed by atoms with Gasteiger partial charge in [-0.05, 0) is 12.1 Å². The van der Waals surface area contributed by atoms with Gasteiger partial charge in [0.25, 0.3) is 5.69 Å². The summed E-state index contributed by atoms with van der Waals surface area (Å²) < 4.78 is 22.6. The van der Waals surface area contributed by atoms with Gasteiger partial charge in [-0.15, -0.1) is 0 Å². The summed E-state index contributed by atoms with van der Waals surface area (Å²) in [5, 5.41) is 19.1. The van der Waals surface area contributed by atoms with Gasteiger partial charge in [-0.25, -0.2) is 13.6 Å². The van der Waals surface area contributed by atoms with Crippen molar-refractivity contribution in [2.45, 2.75) is 4.90 Å². The van der Waals surface area contributed by atoms with E-state index in [-0.39, 0.29) is 16.3 Å². The highest BCUT2D eigenvalue weighted by molar-refractivity contribution is 7.89. The van der Waals surface area contributed by atoms with Gasteiger partial charge in [-0.3, -0.25) is 19.9 Å². The highest BCUT2D eigenvalue weighted by Crippen LogP contribution is 2.51. The first-order chi connectivity index (χ1) is 11.1. The van der Waals surface area contributed by atoms with Crippen molar-refractivity contribution in [3.05, 3.63) is 28.3 Å². The second-order valence-electron chi connectivity index (χ2n) is 6.04. The van der Waals surface area contributed by atoms with Crippen molar-refractivity contribution in [2.75, 3.05) is 50.5 Å². The van der Waals surface area contributed by atoms with Gasteiger partial charge in [0.15, 0.2) is 0 Å². The monoisotopic (exact) mass is 377 g/mol. The summed E-state index contributed by atoms with van der Waals surface area (Å²) >= 11 is 0. The molecule has 0 bridgehead atoms. The lowest BCUT2D eigenvalue weighted by Crippen LogP contribution is -2.39. The van der Waals surface area contributed by atoms with Crippen LogP contribution in [0.1, 0.15) is 0 Å². The van der Waals surface area contributed by atoms with Crippen LogP contribution < -0.4 is 10.5 Å². The van der Waals surface area contributed by atoms with Gasteiger partial charge in [-0.2, -0.15) is 0 Å². The second-order valence-corrected chi connectivity index (χ2v) is 11.2. The standard InChI is InChI=1S/C13H22N4O5PS/c1-23(20)8-6-16(7-9-23)5-4-15-12-3-2-11(24(14,21)22)10-13(12)17(18)19/h2-3,10,15,20H,4-9H2,1H3,(H2,14,21,22)/q+1. The van der Waals surface area contributed by atoms with Gasteiger partial charge < -0.3 is 5.32 Å². The Kier molecular flexibility index (Phi) is 5.77. The van der Waals surface area contributed by atoms with Crippen LogP contribution in [0.4, 0.5) is 11.4 Å². The molecule has 0 aromatic heterocycles. The molecule has 2 rings (SSSR count). The van der Waals surface area contributed by atoms with Crippen LogP contribution in [-0.4, -0.2) is 68.3 Å². The minimum Gasteiger partial charge on any atom is -0.378 e. The molecule has 0 unspecified atom stereocenters. The number of hydrogen-bond acceptors (Lipinski definition) is 7. The summed E-state index contributed by atoms with van der Waals surface area (Å²) in [7, 11) is -5.71. The predicted octanol–water partition coefficient (Wildman–Crippen LogP) is 0.524. The maximum Gasteiger partial charge on any atom is 0.293 e. The maximum atomic E-state index is 11.3. The van der Waals surface area contributed by atoms with Crippen LogP contribution in [-0.2, 0) is 10.0 Å². The lowest BCUT2D eigenvalue weighted by molar-refractivity contribution is -0.384. The molecule has 0 spiro atoms. The van der Waals surface area contributed by atoms with E-state index < -0.39 is 22.4 Å². The smallest absolute Gasteiger partial charge is 0.293 e. The third kappa shape index (κ3) is 5.09. The van der Waals surface area contributed by atoms with Crippen molar-refractivity contribution in [1.82, 2.24) is 4.90 Å². The summed E-state index contributed by atoms with van der Waals surface area (Å²) in [6.07, 6.45) is 1.60. The first-order valence-electron chi connectivity index (χ1n) is 7.43. The molecule has 0 saturated carbocycles. The number of primary sulfonamides is 1. The maximum absolute atomic E-state index is 11.3. The number of nitrogens with one attached hydrogen (secondary N) is 1. The first kappa shape index (κ1) is 19.0. The lowest BCUT2D eigenvalue weighted by atomic mass is 10.2. The molecule has 1 saturated heterocycles. The molecule has 1 heterocycles. The van der Waals surface area contributed by atoms with Gasteiger partial charge in [0.2, 0.25) is 10.0 Å². The molecule has 11 heteroatoms. The fourth-order valence-electron chi connectivity index (χ4n) is 2.50. The fourth-order valence-corrected chi connectivity index (χ4v) is 4.68. The van der Waals surface area contributed by atoms with Crippen LogP contribution in [0.25, 0.3) is 0 Å². The quantitative estimate of drug-likeness (QED) is 0.373. The molecule has 1 aromatic rings. The zero-order valence-electron chi connectivity index (χ0n) is 13.4. The summed E-state index contributed by atoms with van der Waals surface area (Å²) in [6, 6.07) is 3.55. The van der Waals surface area contributed by atoms with E-state index >= 15 is 0 Å². The molecule has 1 aliphatic rings. The number of sulfonamides is 1. The minimum atomic E-state index is -3.99. The van der Waals surface area contributed by atoms with E-state index in [1.54, 1.807) is 0 Å². The Morgan fingerprint density at radius 2 is 2.04 bits per heavy atom. The normalized spacial score (nSPS) is 18.3. The minimum absolute atomic E-state index is 0.254. The molecular formula is C13H22N4O5PS+. The average Bonchev–Trinajstić information content (AvgIpc) is 2.48. The van der Waals surface area contributed by atoms with Crippen LogP contribution in [0, 0.1) is 10.1 Å². The van der Waals surface area contributed by atoms with E-state index in [0.29, 0.717) is 13.1 Å². The zero-order chi connectivity index (χ0) is 18.0. The zero-order valence-corrected chi connectivity index (χ0v) is 15.1. The summed E-state index contributed by atoms with van der Waals surface area (Å²) in [6.45, 7) is 4.73. The van der Waals surface area contributed by atoms with Gasteiger partial charge in [-0.1, -0.05) is 0 Å². The largest absolute Gasteiger partial charge is 0.378 e. The van der Waals surface area contributed by atoms with Gasteiger partial charge in [0.1, 0.15) is 13.2 Å². The van der Waals surface area contributed by atoms with Crippen molar-refractivity contribution >= 4 is 28.9 Å². The number of nitrogens with zero attached hydrogens (tertiary/aromatic N) is 2. The highest BCUT2D eigenvalue weighted by atomic mass is 32.2. The van der Waals surface area contributed by atoms with Crippen LogP contribution in [0.15, 0.2) is 23.1 Å². The number of nitro benzene ring substituents is 1. The number of benzene rings is 1. The van der Waals surface area contributed by atoms with E-state index in [0.717, 1.165) is 31.5 Å². The van der Waals surface area contributed by atoms with Crippen LogP contribution in [0.5, 0.6) is 0 Å². The number of nitro groups is 1. The molecule has 0 amide bonds. The molecule has 1 aliphatic heterocycles. The summed E-state index contributed by atoms with van der Waals surface area (Å²) in [4.78, 5) is 22.4. The molecule has 4 N–H and O–H groups in total. The van der Waals surface area contributed by atoms with E-state index in [1.807, 2.05) is 6.66 Å². The Hall–Kier alpha value is -1.32. The molecule has 0 atom stereocenters. The van der Waals surface area contributed by atoms with E-state index in [9.17, 15) is 23.4 Å². The molecule has 1 aromatic carbocycles.